The monoisotopic (exact) mass is 231 g/mol. The van der Waals surface area contributed by atoms with Crippen molar-refractivity contribution in [2.24, 2.45) is 0 Å². The third kappa shape index (κ3) is 2.08. The van der Waals surface area contributed by atoms with Gasteiger partial charge in [0.1, 0.15) is 5.52 Å². The average Bonchev–Trinajstić information content (AvgIpc) is 2.74. The first-order valence-corrected chi connectivity index (χ1v) is 5.70. The number of carbonyl (C=O) groups is 1. The Morgan fingerprint density at radius 1 is 1.41 bits per heavy atom. The lowest BCUT2D eigenvalue weighted by molar-refractivity contribution is -0.122. The van der Waals surface area contributed by atoms with Crippen LogP contribution in [-0.2, 0) is 4.79 Å². The van der Waals surface area contributed by atoms with Gasteiger partial charge in [-0.25, -0.2) is 0 Å². The average molecular weight is 231 g/mol. The van der Waals surface area contributed by atoms with Gasteiger partial charge in [0.15, 0.2) is 5.58 Å². The van der Waals surface area contributed by atoms with Crippen molar-refractivity contribution in [3.05, 3.63) is 24.3 Å². The fraction of sp³-hybridized carbons (Fsp3) is 0.333. The summed E-state index contributed by atoms with van der Waals surface area (Å²) in [6.45, 7) is 0.623. The van der Waals surface area contributed by atoms with Crippen molar-refractivity contribution in [1.29, 1.82) is 0 Å². The van der Waals surface area contributed by atoms with E-state index in [1.54, 1.807) is 0 Å². The Bertz CT molecular complexity index is 506. The number of hydrogen-bond acceptors (Lipinski definition) is 4. The van der Waals surface area contributed by atoms with Gasteiger partial charge in [-0.05, 0) is 18.6 Å². The summed E-state index contributed by atoms with van der Waals surface area (Å²) in [4.78, 5) is 15.4. The van der Waals surface area contributed by atoms with Gasteiger partial charge in [0.25, 0.3) is 6.01 Å². The van der Waals surface area contributed by atoms with Crippen LogP contribution >= 0.6 is 0 Å². The third-order valence-electron chi connectivity index (χ3n) is 2.89. The maximum Gasteiger partial charge on any atom is 0.295 e. The Hall–Kier alpha value is -2.04. The zero-order valence-electron chi connectivity index (χ0n) is 9.27. The van der Waals surface area contributed by atoms with E-state index in [0.29, 0.717) is 19.0 Å². The molecule has 1 amide bonds. The number of anilines is 1. The van der Waals surface area contributed by atoms with Crippen molar-refractivity contribution < 1.29 is 9.21 Å². The summed E-state index contributed by atoms with van der Waals surface area (Å²) in [5.74, 6) is 0.112. The van der Waals surface area contributed by atoms with Crippen LogP contribution in [0.1, 0.15) is 12.8 Å². The molecule has 1 aliphatic heterocycles. The molecule has 2 aromatic rings. The number of aromatic nitrogens is 1. The third-order valence-corrected chi connectivity index (χ3v) is 2.89. The van der Waals surface area contributed by atoms with E-state index < -0.39 is 0 Å². The second-order valence-corrected chi connectivity index (χ2v) is 4.17. The fourth-order valence-corrected chi connectivity index (χ4v) is 1.96. The van der Waals surface area contributed by atoms with Crippen LogP contribution in [0, 0.1) is 0 Å². The Balaban J connectivity index is 1.74. The van der Waals surface area contributed by atoms with Gasteiger partial charge >= 0.3 is 0 Å². The van der Waals surface area contributed by atoms with E-state index in [4.69, 9.17) is 4.42 Å². The van der Waals surface area contributed by atoms with Crippen molar-refractivity contribution in [3.63, 3.8) is 0 Å². The summed E-state index contributed by atoms with van der Waals surface area (Å²) in [6, 6.07) is 8.35. The minimum absolute atomic E-state index is 0.112. The molecular formula is C12H13N3O2. The molecule has 88 valence electrons. The highest BCUT2D eigenvalue weighted by molar-refractivity contribution is 5.77. The van der Waals surface area contributed by atoms with E-state index in [1.165, 1.54) is 0 Å². The molecule has 0 saturated carbocycles. The lowest BCUT2D eigenvalue weighted by atomic mass is 10.1. The number of carbonyl (C=O) groups excluding carboxylic acids is 1. The molecule has 1 fully saturated rings. The van der Waals surface area contributed by atoms with Gasteiger partial charge in [-0.2, -0.15) is 4.98 Å². The number of fused-ring (bicyclic) bond motifs is 1. The minimum atomic E-state index is 0.112. The lowest BCUT2D eigenvalue weighted by Crippen LogP contribution is -2.41. The maximum atomic E-state index is 11.0. The molecular weight excluding hydrogens is 218 g/mol. The standard InChI is InChI=1S/C12H13N3O2/c16-11-6-5-8(7-13-11)14-12-15-9-3-1-2-4-10(9)17-12/h1-4,8H,5-7H2,(H,13,16)(H,14,15). The van der Waals surface area contributed by atoms with Crippen molar-refractivity contribution in [1.82, 2.24) is 10.3 Å². The Morgan fingerprint density at radius 2 is 2.29 bits per heavy atom. The topological polar surface area (TPSA) is 67.2 Å². The van der Waals surface area contributed by atoms with Gasteiger partial charge in [0, 0.05) is 19.0 Å². The number of nitrogens with one attached hydrogen (secondary N) is 2. The van der Waals surface area contributed by atoms with E-state index in [0.717, 1.165) is 17.5 Å². The van der Waals surface area contributed by atoms with Crippen LogP contribution in [0.25, 0.3) is 11.1 Å². The largest absolute Gasteiger partial charge is 0.424 e. The number of rotatable bonds is 2. The summed E-state index contributed by atoms with van der Waals surface area (Å²) in [5.41, 5.74) is 1.62. The van der Waals surface area contributed by atoms with E-state index in [2.05, 4.69) is 15.6 Å². The van der Waals surface area contributed by atoms with Crippen molar-refractivity contribution in [2.75, 3.05) is 11.9 Å². The van der Waals surface area contributed by atoms with E-state index >= 15 is 0 Å². The summed E-state index contributed by atoms with van der Waals surface area (Å²) < 4.78 is 5.56. The predicted octanol–water partition coefficient (Wildman–Crippen LogP) is 1.52. The number of oxazole rings is 1. The normalized spacial score (nSPS) is 20.2. The number of piperidine rings is 1. The molecule has 17 heavy (non-hydrogen) atoms. The molecule has 2 N–H and O–H groups in total. The molecule has 1 aromatic heterocycles. The molecule has 1 saturated heterocycles. The van der Waals surface area contributed by atoms with Crippen LogP contribution in [0.5, 0.6) is 0 Å². The zero-order valence-corrected chi connectivity index (χ0v) is 9.27. The molecule has 5 nitrogen and oxygen atoms in total. The van der Waals surface area contributed by atoms with Crippen LogP contribution in [0.4, 0.5) is 6.01 Å². The SMILES string of the molecule is O=C1CCC(Nc2nc3ccccc3o2)CN1. The molecule has 0 radical (unpaired) electrons. The molecule has 0 bridgehead atoms. The van der Waals surface area contributed by atoms with E-state index in [-0.39, 0.29) is 11.9 Å². The highest BCUT2D eigenvalue weighted by Crippen LogP contribution is 2.19. The van der Waals surface area contributed by atoms with Crippen molar-refractivity contribution in [2.45, 2.75) is 18.9 Å². The summed E-state index contributed by atoms with van der Waals surface area (Å²) in [5, 5.41) is 6.01. The van der Waals surface area contributed by atoms with Gasteiger partial charge in [0.05, 0.1) is 0 Å². The number of amides is 1. The van der Waals surface area contributed by atoms with E-state index in [1.807, 2.05) is 24.3 Å². The summed E-state index contributed by atoms with van der Waals surface area (Å²) in [7, 11) is 0. The van der Waals surface area contributed by atoms with Crippen molar-refractivity contribution >= 4 is 23.0 Å². The molecule has 5 heteroatoms. The number of benzene rings is 1. The van der Waals surface area contributed by atoms with Crippen molar-refractivity contribution in [3.8, 4) is 0 Å². The Labute approximate surface area is 98.2 Å². The van der Waals surface area contributed by atoms with Crippen LogP contribution in [0.15, 0.2) is 28.7 Å². The molecule has 0 spiro atoms. The molecule has 1 aliphatic rings. The van der Waals surface area contributed by atoms with Gasteiger partial charge in [-0.1, -0.05) is 12.1 Å². The molecule has 1 unspecified atom stereocenters. The molecule has 2 heterocycles. The Kier molecular flexibility index (Phi) is 2.44. The quantitative estimate of drug-likeness (QED) is 0.822. The molecule has 3 rings (SSSR count). The first kappa shape index (κ1) is 10.1. The second-order valence-electron chi connectivity index (χ2n) is 4.17. The van der Waals surface area contributed by atoms with Crippen LogP contribution in [-0.4, -0.2) is 23.5 Å². The smallest absolute Gasteiger partial charge is 0.295 e. The highest BCUT2D eigenvalue weighted by Gasteiger charge is 2.19. The van der Waals surface area contributed by atoms with Crippen LogP contribution < -0.4 is 10.6 Å². The summed E-state index contributed by atoms with van der Waals surface area (Å²) in [6.07, 6.45) is 1.36. The Morgan fingerprint density at radius 3 is 3.06 bits per heavy atom. The zero-order chi connectivity index (χ0) is 11.7. The minimum Gasteiger partial charge on any atom is -0.424 e. The van der Waals surface area contributed by atoms with Gasteiger partial charge in [-0.3, -0.25) is 4.79 Å². The fourth-order valence-electron chi connectivity index (χ4n) is 1.96. The molecule has 1 aromatic carbocycles. The van der Waals surface area contributed by atoms with E-state index in [9.17, 15) is 4.79 Å². The van der Waals surface area contributed by atoms with Gasteiger partial charge < -0.3 is 15.1 Å². The van der Waals surface area contributed by atoms with Crippen LogP contribution in [0.2, 0.25) is 0 Å². The first-order valence-electron chi connectivity index (χ1n) is 5.70. The number of para-hydroxylation sites is 2. The lowest BCUT2D eigenvalue weighted by Gasteiger charge is -2.22. The maximum absolute atomic E-state index is 11.0. The number of nitrogens with zero attached hydrogens (tertiary/aromatic N) is 1. The van der Waals surface area contributed by atoms with Gasteiger partial charge in [-0.15, -0.1) is 0 Å². The van der Waals surface area contributed by atoms with Gasteiger partial charge in [0.2, 0.25) is 5.91 Å². The summed E-state index contributed by atoms with van der Waals surface area (Å²) >= 11 is 0. The number of hydrogen-bond donors (Lipinski definition) is 2. The molecule has 1 atom stereocenters. The molecule has 0 aliphatic carbocycles. The first-order chi connectivity index (χ1) is 8.31. The predicted molar refractivity (Wildman–Crippen MR) is 63.7 cm³/mol. The van der Waals surface area contributed by atoms with Crippen LogP contribution in [0.3, 0.4) is 0 Å². The highest BCUT2D eigenvalue weighted by atomic mass is 16.4. The second kappa shape index (κ2) is 4.08.